The zero-order valence-corrected chi connectivity index (χ0v) is 18.6. The Labute approximate surface area is 175 Å². The highest BCUT2D eigenvalue weighted by atomic mass is 32.2. The lowest BCUT2D eigenvalue weighted by molar-refractivity contribution is 0.0492. The Morgan fingerprint density at radius 2 is 2.11 bits per heavy atom. The van der Waals surface area contributed by atoms with E-state index in [9.17, 15) is 5.11 Å². The van der Waals surface area contributed by atoms with Crippen LogP contribution in [0.2, 0.25) is 0 Å². The highest BCUT2D eigenvalue weighted by molar-refractivity contribution is 8.21. The van der Waals surface area contributed by atoms with Gasteiger partial charge in [0.15, 0.2) is 5.60 Å². The number of aliphatic hydroxyl groups is 1. The zero-order chi connectivity index (χ0) is 20.4. The summed E-state index contributed by atoms with van der Waals surface area (Å²) >= 11 is 3.77. The molecule has 2 unspecified atom stereocenters. The van der Waals surface area contributed by atoms with Crippen molar-refractivity contribution in [2.75, 3.05) is 32.3 Å². The first-order chi connectivity index (χ1) is 13.4. The van der Waals surface area contributed by atoms with Gasteiger partial charge < -0.3 is 19.0 Å². The van der Waals surface area contributed by atoms with Gasteiger partial charge in [-0.15, -0.1) is 23.5 Å². The molecule has 1 aromatic rings. The molecule has 2 aliphatic rings. The van der Waals surface area contributed by atoms with Crippen molar-refractivity contribution in [3.05, 3.63) is 29.8 Å². The Morgan fingerprint density at radius 1 is 1.39 bits per heavy atom. The van der Waals surface area contributed by atoms with Crippen LogP contribution in [0, 0.1) is 24.2 Å². The lowest BCUT2D eigenvalue weighted by Crippen LogP contribution is -2.54. The molecule has 0 amide bonds. The fraction of sp³-hybridized carbons (Fsp3) is 0.571. The van der Waals surface area contributed by atoms with Crippen LogP contribution >= 0.6 is 23.5 Å². The molecule has 1 N–H and O–H groups in total. The summed E-state index contributed by atoms with van der Waals surface area (Å²) in [5.74, 6) is 9.01. The number of hydrogen-bond acceptors (Lipinski definition) is 7. The van der Waals surface area contributed by atoms with Crippen LogP contribution in [0.15, 0.2) is 22.6 Å². The van der Waals surface area contributed by atoms with Crippen molar-refractivity contribution in [3.63, 3.8) is 0 Å². The van der Waals surface area contributed by atoms with Gasteiger partial charge >= 0.3 is 5.95 Å². The molecule has 0 saturated carbocycles. The zero-order valence-electron chi connectivity index (χ0n) is 17.0. The second kappa shape index (κ2) is 8.19. The third kappa shape index (κ3) is 3.21. The fourth-order valence-corrected chi connectivity index (χ4v) is 7.68. The van der Waals surface area contributed by atoms with Gasteiger partial charge in [-0.1, -0.05) is 24.0 Å². The molecule has 1 aliphatic carbocycles. The SMILES string of the molecule is C/C=C\C(O)(C#CCOC)C1(C)C(c2nc(C)c(OC)o2)=CCC12SCCS2. The predicted octanol–water partition coefficient (Wildman–Crippen LogP) is 3.92. The third-order valence-corrected chi connectivity index (χ3v) is 9.33. The van der Waals surface area contributed by atoms with Crippen molar-refractivity contribution in [1.82, 2.24) is 4.98 Å². The van der Waals surface area contributed by atoms with Crippen molar-refractivity contribution in [2.45, 2.75) is 36.9 Å². The smallest absolute Gasteiger partial charge is 0.308 e. The van der Waals surface area contributed by atoms with Gasteiger partial charge in [-0.05, 0) is 33.3 Å². The van der Waals surface area contributed by atoms with Crippen molar-refractivity contribution < 1.29 is 19.0 Å². The monoisotopic (exact) mass is 421 g/mol. The first kappa shape index (κ1) is 21.4. The lowest BCUT2D eigenvalue weighted by atomic mass is 9.67. The van der Waals surface area contributed by atoms with E-state index in [4.69, 9.17) is 13.9 Å². The maximum absolute atomic E-state index is 11.9. The lowest BCUT2D eigenvalue weighted by Gasteiger charge is -2.48. The summed E-state index contributed by atoms with van der Waals surface area (Å²) in [6.07, 6.45) is 6.58. The molecule has 1 spiro atoms. The number of aryl methyl sites for hydroxylation is 1. The van der Waals surface area contributed by atoms with Gasteiger partial charge in [0.2, 0.25) is 5.89 Å². The minimum absolute atomic E-state index is 0.242. The van der Waals surface area contributed by atoms with Crippen molar-refractivity contribution in [2.24, 2.45) is 5.41 Å². The highest BCUT2D eigenvalue weighted by Crippen LogP contribution is 2.69. The number of methoxy groups -OCH3 is 2. The molecule has 2 heterocycles. The van der Waals surface area contributed by atoms with Crippen LogP contribution in [-0.2, 0) is 4.74 Å². The summed E-state index contributed by atoms with van der Waals surface area (Å²) in [6.45, 7) is 6.08. The normalized spacial score (nSPS) is 25.6. The van der Waals surface area contributed by atoms with E-state index in [0.29, 0.717) is 17.5 Å². The van der Waals surface area contributed by atoms with E-state index in [-0.39, 0.29) is 10.7 Å². The minimum Gasteiger partial charge on any atom is -0.467 e. The number of hydrogen-bond donors (Lipinski definition) is 1. The number of aromatic nitrogens is 1. The number of ether oxygens (including phenoxy) is 2. The molecular formula is C21H27NO4S2. The molecule has 0 radical (unpaired) electrons. The molecule has 7 heteroatoms. The van der Waals surface area contributed by atoms with Gasteiger partial charge in [0.05, 0.1) is 16.6 Å². The van der Waals surface area contributed by atoms with Crippen LogP contribution in [0.25, 0.3) is 5.57 Å². The molecule has 5 nitrogen and oxygen atoms in total. The molecule has 1 aromatic heterocycles. The van der Waals surface area contributed by atoms with E-state index in [1.54, 1.807) is 20.3 Å². The van der Waals surface area contributed by atoms with Crippen LogP contribution < -0.4 is 4.74 Å². The summed E-state index contributed by atoms with van der Waals surface area (Å²) < 4.78 is 16.1. The molecule has 152 valence electrons. The Kier molecular flexibility index (Phi) is 6.26. The van der Waals surface area contributed by atoms with Crippen LogP contribution in [0.5, 0.6) is 5.95 Å². The summed E-state index contributed by atoms with van der Waals surface area (Å²) in [5, 5.41) is 11.9. The maximum atomic E-state index is 11.9. The Hall–Kier alpha value is -1.33. The van der Waals surface area contributed by atoms with E-state index in [2.05, 4.69) is 29.8 Å². The Morgan fingerprint density at radius 3 is 2.68 bits per heavy atom. The molecule has 0 bridgehead atoms. The number of rotatable bonds is 5. The molecule has 1 saturated heterocycles. The molecular weight excluding hydrogens is 394 g/mol. The van der Waals surface area contributed by atoms with Crippen LogP contribution in [0.1, 0.15) is 31.9 Å². The second-order valence-electron chi connectivity index (χ2n) is 6.99. The third-order valence-electron chi connectivity index (χ3n) is 5.46. The molecule has 28 heavy (non-hydrogen) atoms. The second-order valence-corrected chi connectivity index (χ2v) is 10.0. The van der Waals surface area contributed by atoms with E-state index in [1.807, 2.05) is 43.4 Å². The number of nitrogens with zero attached hydrogens (tertiary/aromatic N) is 1. The summed E-state index contributed by atoms with van der Waals surface area (Å²) in [6, 6.07) is 0. The molecule has 0 aromatic carbocycles. The van der Waals surface area contributed by atoms with Gasteiger partial charge in [0.1, 0.15) is 12.3 Å². The highest BCUT2D eigenvalue weighted by Gasteiger charge is 2.65. The minimum atomic E-state index is -1.40. The molecule has 1 fully saturated rings. The van der Waals surface area contributed by atoms with Crippen molar-refractivity contribution in [1.29, 1.82) is 0 Å². The topological polar surface area (TPSA) is 64.7 Å². The van der Waals surface area contributed by atoms with Gasteiger partial charge in [0, 0.05) is 24.2 Å². The van der Waals surface area contributed by atoms with E-state index >= 15 is 0 Å². The average molecular weight is 422 g/mol. The number of oxazole rings is 1. The van der Waals surface area contributed by atoms with Gasteiger partial charge in [-0.25, -0.2) is 4.98 Å². The standard InChI is InChI=1S/C21H27NO4S2/c1-6-9-20(23,10-7-12-24-4)19(3)16(8-11-21(19)27-13-14-28-21)17-22-15(2)18(25-5)26-17/h6,8-9,23H,11-14H2,1-5H3/b9-6-. The van der Waals surface area contributed by atoms with E-state index in [1.165, 1.54) is 0 Å². The molecule has 2 atom stereocenters. The van der Waals surface area contributed by atoms with E-state index in [0.717, 1.165) is 23.5 Å². The molecule has 1 aliphatic heterocycles. The van der Waals surface area contributed by atoms with Crippen molar-refractivity contribution >= 4 is 29.1 Å². The Bertz CT molecular complexity index is 844. The summed E-state index contributed by atoms with van der Waals surface area (Å²) in [4.78, 5) is 4.60. The average Bonchev–Trinajstić information content (AvgIpc) is 3.36. The van der Waals surface area contributed by atoms with Crippen LogP contribution in [0.3, 0.4) is 0 Å². The van der Waals surface area contributed by atoms with E-state index < -0.39 is 11.0 Å². The van der Waals surface area contributed by atoms with Crippen LogP contribution in [0.4, 0.5) is 0 Å². The largest absolute Gasteiger partial charge is 0.467 e. The first-order valence-electron chi connectivity index (χ1n) is 9.23. The van der Waals surface area contributed by atoms with Gasteiger partial charge in [-0.2, -0.15) is 0 Å². The number of allylic oxidation sites excluding steroid dienone is 2. The quantitative estimate of drug-likeness (QED) is 0.571. The number of thioether (sulfide) groups is 2. The van der Waals surface area contributed by atoms with Gasteiger partial charge in [0.25, 0.3) is 0 Å². The Balaban J connectivity index is 2.18. The predicted molar refractivity (Wildman–Crippen MR) is 116 cm³/mol. The summed E-state index contributed by atoms with van der Waals surface area (Å²) in [5.41, 5.74) is -0.578. The molecule has 3 rings (SSSR count). The first-order valence-corrected chi connectivity index (χ1v) is 11.2. The summed E-state index contributed by atoms with van der Waals surface area (Å²) in [7, 11) is 3.16. The fourth-order valence-electron chi connectivity index (χ4n) is 4.01. The van der Waals surface area contributed by atoms with Gasteiger partial charge in [-0.3, -0.25) is 0 Å². The van der Waals surface area contributed by atoms with Crippen molar-refractivity contribution in [3.8, 4) is 17.8 Å². The van der Waals surface area contributed by atoms with Crippen LogP contribution in [-0.4, -0.2) is 52.1 Å². The maximum Gasteiger partial charge on any atom is 0.308 e.